The van der Waals surface area contributed by atoms with E-state index >= 15 is 0 Å². The number of hydrogen-bond acceptors (Lipinski definition) is 2. The van der Waals surface area contributed by atoms with Gasteiger partial charge in [-0.25, -0.2) is 4.98 Å². The smallest absolute Gasteiger partial charge is 0.126 e. The standard InChI is InChI=1S/C16H25N3/c1-5-8-19-15-7-6-12(4)10-14(15)18-16(19)13(17)9-11(2)3/h6-7,10-11,13H,5,8-9,17H2,1-4H3. The lowest BCUT2D eigenvalue weighted by Gasteiger charge is -2.16. The summed E-state index contributed by atoms with van der Waals surface area (Å²) in [4.78, 5) is 4.78. The summed E-state index contributed by atoms with van der Waals surface area (Å²) >= 11 is 0. The zero-order valence-electron chi connectivity index (χ0n) is 12.5. The zero-order chi connectivity index (χ0) is 14.0. The third-order valence-corrected chi connectivity index (χ3v) is 3.44. The first kappa shape index (κ1) is 14.1. The lowest BCUT2D eigenvalue weighted by molar-refractivity contribution is 0.475. The van der Waals surface area contributed by atoms with Gasteiger partial charge < -0.3 is 10.3 Å². The molecule has 1 atom stereocenters. The van der Waals surface area contributed by atoms with Gasteiger partial charge in [-0.1, -0.05) is 26.8 Å². The van der Waals surface area contributed by atoms with Crippen LogP contribution in [0.1, 0.15) is 51.0 Å². The Morgan fingerprint density at radius 2 is 2.05 bits per heavy atom. The van der Waals surface area contributed by atoms with Crippen molar-refractivity contribution in [2.24, 2.45) is 11.7 Å². The molecule has 3 heteroatoms. The predicted molar refractivity (Wildman–Crippen MR) is 81.1 cm³/mol. The van der Waals surface area contributed by atoms with Crippen LogP contribution in [0.3, 0.4) is 0 Å². The minimum atomic E-state index is 0.0271. The molecule has 1 unspecified atom stereocenters. The molecule has 0 amide bonds. The van der Waals surface area contributed by atoms with Crippen molar-refractivity contribution in [3.05, 3.63) is 29.6 Å². The molecule has 1 heterocycles. The fourth-order valence-electron chi connectivity index (χ4n) is 2.61. The van der Waals surface area contributed by atoms with Gasteiger partial charge in [0.25, 0.3) is 0 Å². The van der Waals surface area contributed by atoms with E-state index in [0.29, 0.717) is 5.92 Å². The molecule has 0 radical (unpaired) electrons. The predicted octanol–water partition coefficient (Wildman–Crippen LogP) is 3.80. The number of benzene rings is 1. The highest BCUT2D eigenvalue weighted by Gasteiger charge is 2.17. The molecule has 2 rings (SSSR count). The number of hydrogen-bond donors (Lipinski definition) is 1. The van der Waals surface area contributed by atoms with Crippen LogP contribution >= 0.6 is 0 Å². The minimum absolute atomic E-state index is 0.0271. The van der Waals surface area contributed by atoms with Gasteiger partial charge in [0, 0.05) is 6.54 Å². The van der Waals surface area contributed by atoms with Crippen molar-refractivity contribution in [3.63, 3.8) is 0 Å². The summed E-state index contributed by atoms with van der Waals surface area (Å²) in [6, 6.07) is 6.49. The summed E-state index contributed by atoms with van der Waals surface area (Å²) in [5, 5.41) is 0. The zero-order valence-corrected chi connectivity index (χ0v) is 12.5. The fourth-order valence-corrected chi connectivity index (χ4v) is 2.61. The minimum Gasteiger partial charge on any atom is -0.327 e. The van der Waals surface area contributed by atoms with Crippen molar-refractivity contribution in [1.82, 2.24) is 9.55 Å². The summed E-state index contributed by atoms with van der Waals surface area (Å²) in [5.41, 5.74) is 9.88. The molecule has 1 aromatic carbocycles. The molecule has 0 aliphatic carbocycles. The number of nitrogens with two attached hydrogens (primary N) is 1. The van der Waals surface area contributed by atoms with E-state index in [9.17, 15) is 0 Å². The first-order valence-corrected chi connectivity index (χ1v) is 7.25. The van der Waals surface area contributed by atoms with Gasteiger partial charge in [-0.2, -0.15) is 0 Å². The monoisotopic (exact) mass is 259 g/mol. The van der Waals surface area contributed by atoms with Gasteiger partial charge in [-0.3, -0.25) is 0 Å². The van der Waals surface area contributed by atoms with Crippen LogP contribution in [0.2, 0.25) is 0 Å². The number of aryl methyl sites for hydroxylation is 2. The van der Waals surface area contributed by atoms with Crippen LogP contribution in [0, 0.1) is 12.8 Å². The lowest BCUT2D eigenvalue weighted by Crippen LogP contribution is -2.18. The third-order valence-electron chi connectivity index (χ3n) is 3.44. The summed E-state index contributed by atoms with van der Waals surface area (Å²) < 4.78 is 2.29. The molecule has 2 N–H and O–H groups in total. The molecule has 0 bridgehead atoms. The van der Waals surface area contributed by atoms with E-state index in [4.69, 9.17) is 10.7 Å². The average molecular weight is 259 g/mol. The van der Waals surface area contributed by atoms with Gasteiger partial charge in [0.15, 0.2) is 0 Å². The van der Waals surface area contributed by atoms with E-state index in [-0.39, 0.29) is 6.04 Å². The second kappa shape index (κ2) is 5.74. The maximum absolute atomic E-state index is 6.35. The highest BCUT2D eigenvalue weighted by molar-refractivity contribution is 5.77. The molecule has 0 aliphatic heterocycles. The fraction of sp³-hybridized carbons (Fsp3) is 0.562. The maximum Gasteiger partial charge on any atom is 0.126 e. The Labute approximate surface area is 115 Å². The largest absolute Gasteiger partial charge is 0.327 e. The van der Waals surface area contributed by atoms with Crippen LogP contribution in [0.25, 0.3) is 11.0 Å². The van der Waals surface area contributed by atoms with Crippen LogP contribution in [0.5, 0.6) is 0 Å². The molecule has 2 aromatic rings. The van der Waals surface area contributed by atoms with Crippen LogP contribution in [0.4, 0.5) is 0 Å². The van der Waals surface area contributed by atoms with Crippen molar-refractivity contribution in [1.29, 1.82) is 0 Å². The molecule has 19 heavy (non-hydrogen) atoms. The van der Waals surface area contributed by atoms with Crippen molar-refractivity contribution in [2.75, 3.05) is 0 Å². The van der Waals surface area contributed by atoms with E-state index in [1.165, 1.54) is 11.1 Å². The van der Waals surface area contributed by atoms with E-state index in [1.54, 1.807) is 0 Å². The van der Waals surface area contributed by atoms with Gasteiger partial charge in [-0.05, 0) is 43.4 Å². The second-order valence-electron chi connectivity index (χ2n) is 5.85. The summed E-state index contributed by atoms with van der Waals surface area (Å²) in [7, 11) is 0. The first-order chi connectivity index (χ1) is 9.02. The van der Waals surface area contributed by atoms with Gasteiger partial charge >= 0.3 is 0 Å². The second-order valence-corrected chi connectivity index (χ2v) is 5.85. The molecule has 3 nitrogen and oxygen atoms in total. The highest BCUT2D eigenvalue weighted by Crippen LogP contribution is 2.24. The number of aromatic nitrogens is 2. The summed E-state index contributed by atoms with van der Waals surface area (Å²) in [6.07, 6.45) is 2.08. The van der Waals surface area contributed by atoms with Crippen molar-refractivity contribution in [3.8, 4) is 0 Å². The lowest BCUT2D eigenvalue weighted by atomic mass is 10.0. The Morgan fingerprint density at radius 1 is 1.32 bits per heavy atom. The van der Waals surface area contributed by atoms with Gasteiger partial charge in [-0.15, -0.1) is 0 Å². The van der Waals surface area contributed by atoms with Crippen molar-refractivity contribution < 1.29 is 0 Å². The van der Waals surface area contributed by atoms with Crippen LogP contribution in [0.15, 0.2) is 18.2 Å². The van der Waals surface area contributed by atoms with E-state index in [0.717, 1.165) is 30.7 Å². The molecule has 0 aliphatic rings. The average Bonchev–Trinajstić information content (AvgIpc) is 2.67. The Balaban J connectivity index is 2.49. The number of fused-ring (bicyclic) bond motifs is 1. The SMILES string of the molecule is CCCn1c(C(N)CC(C)C)nc2cc(C)ccc21. The molecule has 0 fully saturated rings. The van der Waals surface area contributed by atoms with Gasteiger partial charge in [0.05, 0.1) is 17.1 Å². The first-order valence-electron chi connectivity index (χ1n) is 7.25. The van der Waals surface area contributed by atoms with Crippen molar-refractivity contribution in [2.45, 2.75) is 53.1 Å². The Bertz CT molecular complexity index is 554. The summed E-state index contributed by atoms with van der Waals surface area (Å²) in [5.74, 6) is 1.63. The number of rotatable bonds is 5. The Hall–Kier alpha value is -1.35. The molecular formula is C16H25N3. The number of imidazole rings is 1. The van der Waals surface area contributed by atoms with Gasteiger partial charge in [0.1, 0.15) is 5.82 Å². The molecule has 0 spiro atoms. The Morgan fingerprint density at radius 3 is 2.68 bits per heavy atom. The topological polar surface area (TPSA) is 43.8 Å². The van der Waals surface area contributed by atoms with Crippen LogP contribution < -0.4 is 5.73 Å². The normalized spacial score (nSPS) is 13.4. The van der Waals surface area contributed by atoms with Gasteiger partial charge in [0.2, 0.25) is 0 Å². The summed E-state index contributed by atoms with van der Waals surface area (Å²) in [6.45, 7) is 9.69. The molecule has 1 aromatic heterocycles. The highest BCUT2D eigenvalue weighted by atomic mass is 15.1. The molecule has 104 valence electrons. The van der Waals surface area contributed by atoms with Crippen LogP contribution in [-0.4, -0.2) is 9.55 Å². The van der Waals surface area contributed by atoms with Crippen molar-refractivity contribution >= 4 is 11.0 Å². The van der Waals surface area contributed by atoms with E-state index < -0.39 is 0 Å². The quantitative estimate of drug-likeness (QED) is 0.887. The maximum atomic E-state index is 6.35. The molecule has 0 saturated heterocycles. The molecular weight excluding hydrogens is 234 g/mol. The third kappa shape index (κ3) is 2.98. The Kier molecular flexibility index (Phi) is 4.25. The van der Waals surface area contributed by atoms with E-state index in [1.807, 2.05) is 0 Å². The van der Waals surface area contributed by atoms with Crippen LogP contribution in [-0.2, 0) is 6.54 Å². The molecule has 0 saturated carbocycles. The van der Waals surface area contributed by atoms with E-state index in [2.05, 4.69) is 50.5 Å². The number of nitrogens with zero attached hydrogens (tertiary/aromatic N) is 2.